The first-order valence-corrected chi connectivity index (χ1v) is 13.3. The van der Waals surface area contributed by atoms with E-state index < -0.39 is 12.0 Å². The van der Waals surface area contributed by atoms with Crippen LogP contribution in [0, 0.1) is 11.3 Å². The number of fused-ring (bicyclic) bond motifs is 1. The van der Waals surface area contributed by atoms with E-state index in [1.165, 1.54) is 20.8 Å². The number of anilines is 1. The van der Waals surface area contributed by atoms with Gasteiger partial charge < -0.3 is 15.6 Å². The van der Waals surface area contributed by atoms with Crippen molar-refractivity contribution in [1.82, 2.24) is 9.55 Å². The molecule has 0 bridgehead atoms. The Hall–Kier alpha value is -3.40. The molecule has 3 rings (SSSR count). The molecule has 0 aliphatic heterocycles. The molecule has 0 fully saturated rings. The highest BCUT2D eigenvalue weighted by molar-refractivity contribution is 7.13. The number of thiazole rings is 1. The molecule has 2 heterocycles. The van der Waals surface area contributed by atoms with E-state index >= 15 is 0 Å². The fourth-order valence-corrected chi connectivity index (χ4v) is 4.83. The standard InChI is InChI=1S/C27H36N4O5S/c1-7-8-11-36-21-19-12-17(23-29-20(14-37-23)22(28)32)9-10-18(19)25(33)30(13-16(2)3)24(21)31(26(34)35)15-27(4,5)6/h9-10,12,14,16H,7-8,11,13,15H2,1-6H3,(H2,28,32)(H,34,35). The van der Waals surface area contributed by atoms with Crippen molar-refractivity contribution in [2.45, 2.75) is 60.9 Å². The Morgan fingerprint density at radius 2 is 1.95 bits per heavy atom. The van der Waals surface area contributed by atoms with Crippen molar-refractivity contribution in [3.63, 3.8) is 0 Å². The summed E-state index contributed by atoms with van der Waals surface area (Å²) in [6.45, 7) is 12.7. The number of carbonyl (C=O) groups is 2. The molecule has 2 aromatic heterocycles. The van der Waals surface area contributed by atoms with E-state index in [1.807, 2.05) is 41.5 Å². The summed E-state index contributed by atoms with van der Waals surface area (Å²) in [5.74, 6) is 0.0530. The van der Waals surface area contributed by atoms with Crippen LogP contribution in [0.25, 0.3) is 21.3 Å². The summed E-state index contributed by atoms with van der Waals surface area (Å²) in [6.07, 6.45) is 0.503. The van der Waals surface area contributed by atoms with E-state index in [0.29, 0.717) is 40.2 Å². The summed E-state index contributed by atoms with van der Waals surface area (Å²) in [7, 11) is 0. The Morgan fingerprint density at radius 3 is 2.49 bits per heavy atom. The SMILES string of the molecule is CCCCOc1c(N(CC(C)(C)C)C(=O)O)n(CC(C)C)c(=O)c2ccc(-c3nc(C(N)=O)cs3)cc12. The summed E-state index contributed by atoms with van der Waals surface area (Å²) < 4.78 is 7.82. The van der Waals surface area contributed by atoms with Crippen LogP contribution in [0.15, 0.2) is 28.4 Å². The lowest BCUT2D eigenvalue weighted by Gasteiger charge is -2.32. The number of nitrogens with two attached hydrogens (primary N) is 1. The summed E-state index contributed by atoms with van der Waals surface area (Å²) in [6, 6.07) is 5.26. The fourth-order valence-electron chi connectivity index (χ4n) is 4.03. The van der Waals surface area contributed by atoms with Crippen molar-refractivity contribution in [2.24, 2.45) is 17.1 Å². The number of hydrogen-bond acceptors (Lipinski definition) is 6. The Morgan fingerprint density at radius 1 is 1.24 bits per heavy atom. The highest BCUT2D eigenvalue weighted by Gasteiger charge is 2.30. The molecular formula is C27H36N4O5S. The monoisotopic (exact) mass is 528 g/mol. The first-order chi connectivity index (χ1) is 17.3. The third-order valence-electron chi connectivity index (χ3n) is 5.61. The number of ether oxygens (including phenoxy) is 1. The molecule has 2 amide bonds. The molecule has 10 heteroatoms. The molecule has 200 valence electrons. The van der Waals surface area contributed by atoms with Gasteiger partial charge in [-0.3, -0.25) is 19.1 Å². The van der Waals surface area contributed by atoms with E-state index in [4.69, 9.17) is 10.5 Å². The van der Waals surface area contributed by atoms with Gasteiger partial charge in [-0.15, -0.1) is 11.3 Å². The maximum absolute atomic E-state index is 13.8. The van der Waals surface area contributed by atoms with Gasteiger partial charge in [-0.25, -0.2) is 9.78 Å². The molecule has 0 aliphatic carbocycles. The van der Waals surface area contributed by atoms with E-state index in [2.05, 4.69) is 4.98 Å². The lowest BCUT2D eigenvalue weighted by Crippen LogP contribution is -2.41. The van der Waals surface area contributed by atoms with Gasteiger partial charge in [-0.2, -0.15) is 0 Å². The van der Waals surface area contributed by atoms with Gasteiger partial charge in [-0.05, 0) is 29.9 Å². The highest BCUT2D eigenvalue weighted by atomic mass is 32.1. The van der Waals surface area contributed by atoms with Crippen LogP contribution in [0.1, 0.15) is 64.9 Å². The molecule has 0 aliphatic rings. The normalized spacial score (nSPS) is 11.8. The second kappa shape index (κ2) is 11.3. The van der Waals surface area contributed by atoms with Gasteiger partial charge in [-0.1, -0.05) is 54.0 Å². The highest BCUT2D eigenvalue weighted by Crippen LogP contribution is 2.39. The molecular weight excluding hydrogens is 492 g/mol. The zero-order valence-electron chi connectivity index (χ0n) is 22.3. The van der Waals surface area contributed by atoms with Gasteiger partial charge in [0.2, 0.25) is 0 Å². The average Bonchev–Trinajstić information content (AvgIpc) is 3.30. The van der Waals surface area contributed by atoms with Crippen molar-refractivity contribution >= 4 is 39.9 Å². The van der Waals surface area contributed by atoms with Gasteiger partial charge >= 0.3 is 6.09 Å². The van der Waals surface area contributed by atoms with Gasteiger partial charge in [0.1, 0.15) is 10.7 Å². The Bertz CT molecular complexity index is 1350. The fraction of sp³-hybridized carbons (Fsp3) is 0.481. The molecule has 3 aromatic rings. The number of aromatic nitrogens is 2. The number of rotatable bonds is 10. The van der Waals surface area contributed by atoms with Gasteiger partial charge in [0.15, 0.2) is 11.6 Å². The van der Waals surface area contributed by atoms with E-state index in [-0.39, 0.29) is 34.9 Å². The van der Waals surface area contributed by atoms with E-state index in [0.717, 1.165) is 12.8 Å². The largest absolute Gasteiger partial charge is 0.489 e. The van der Waals surface area contributed by atoms with Gasteiger partial charge in [0.05, 0.1) is 12.0 Å². The van der Waals surface area contributed by atoms with Crippen LogP contribution in [0.2, 0.25) is 0 Å². The predicted molar refractivity (Wildman–Crippen MR) is 148 cm³/mol. The number of benzene rings is 1. The van der Waals surface area contributed by atoms with Crippen LogP contribution in [0.4, 0.5) is 10.6 Å². The summed E-state index contributed by atoms with van der Waals surface area (Å²) in [4.78, 5) is 43.5. The Balaban J connectivity index is 2.39. The molecule has 37 heavy (non-hydrogen) atoms. The van der Waals surface area contributed by atoms with Crippen molar-refractivity contribution in [2.75, 3.05) is 18.1 Å². The molecule has 0 saturated carbocycles. The molecule has 9 nitrogen and oxygen atoms in total. The van der Waals surface area contributed by atoms with Crippen LogP contribution in [0.3, 0.4) is 0 Å². The molecule has 1 aromatic carbocycles. The molecule has 0 spiro atoms. The number of carbonyl (C=O) groups excluding carboxylic acids is 1. The lowest BCUT2D eigenvalue weighted by atomic mass is 9.96. The zero-order chi connectivity index (χ0) is 27.5. The molecule has 0 unspecified atom stereocenters. The first kappa shape index (κ1) is 28.2. The van der Waals surface area contributed by atoms with Crippen LogP contribution < -0.4 is 20.9 Å². The van der Waals surface area contributed by atoms with Gasteiger partial charge in [0.25, 0.3) is 11.5 Å². The first-order valence-electron chi connectivity index (χ1n) is 12.4. The number of unbranched alkanes of at least 4 members (excludes halogenated alkanes) is 1. The van der Waals surface area contributed by atoms with Gasteiger partial charge in [0, 0.05) is 29.4 Å². The molecule has 3 N–H and O–H groups in total. The third-order valence-corrected chi connectivity index (χ3v) is 6.50. The Labute approximate surface area is 220 Å². The van der Waals surface area contributed by atoms with Crippen molar-refractivity contribution in [3.05, 3.63) is 39.6 Å². The summed E-state index contributed by atoms with van der Waals surface area (Å²) in [5, 5.41) is 13.4. The minimum Gasteiger partial charge on any atom is -0.489 e. The van der Waals surface area contributed by atoms with Crippen LogP contribution >= 0.6 is 11.3 Å². The minimum absolute atomic E-state index is 0.0875. The van der Waals surface area contributed by atoms with E-state index in [9.17, 15) is 19.5 Å². The molecule has 0 atom stereocenters. The quantitative estimate of drug-likeness (QED) is 0.330. The average molecular weight is 529 g/mol. The second-order valence-electron chi connectivity index (χ2n) is 10.8. The number of primary amides is 1. The number of amides is 2. The maximum Gasteiger partial charge on any atom is 0.413 e. The second-order valence-corrected chi connectivity index (χ2v) is 11.6. The number of nitrogens with zero attached hydrogens (tertiary/aromatic N) is 3. The summed E-state index contributed by atoms with van der Waals surface area (Å²) >= 11 is 1.27. The molecule has 0 saturated heterocycles. The predicted octanol–water partition coefficient (Wildman–Crippen LogP) is 5.59. The Kier molecular flexibility index (Phi) is 8.63. The van der Waals surface area contributed by atoms with Crippen molar-refractivity contribution in [3.8, 4) is 16.3 Å². The van der Waals surface area contributed by atoms with Crippen LogP contribution in [0.5, 0.6) is 5.75 Å². The van der Waals surface area contributed by atoms with Crippen LogP contribution in [-0.2, 0) is 6.54 Å². The molecule has 0 radical (unpaired) electrons. The minimum atomic E-state index is -1.16. The topological polar surface area (TPSA) is 128 Å². The van der Waals surface area contributed by atoms with Crippen molar-refractivity contribution in [1.29, 1.82) is 0 Å². The van der Waals surface area contributed by atoms with Crippen molar-refractivity contribution < 1.29 is 19.4 Å². The van der Waals surface area contributed by atoms with E-state index in [1.54, 1.807) is 23.6 Å². The maximum atomic E-state index is 13.8. The smallest absolute Gasteiger partial charge is 0.413 e. The summed E-state index contributed by atoms with van der Waals surface area (Å²) in [5.41, 5.74) is 5.55. The zero-order valence-corrected chi connectivity index (χ0v) is 23.1. The lowest BCUT2D eigenvalue weighted by molar-refractivity contribution is 0.0996. The number of hydrogen-bond donors (Lipinski definition) is 2. The number of carboxylic acid groups (broad SMARTS) is 1. The van der Waals surface area contributed by atoms with Crippen LogP contribution in [-0.4, -0.2) is 39.8 Å². The third kappa shape index (κ3) is 6.49. The number of pyridine rings is 1.